The maximum atomic E-state index is 12.3. The fourth-order valence-electron chi connectivity index (χ4n) is 2.53. The lowest BCUT2D eigenvalue weighted by atomic mass is 10.1. The van der Waals surface area contributed by atoms with Crippen LogP contribution in [0.25, 0.3) is 0 Å². The number of amides is 2. The number of carboxylic acids is 1. The molecule has 1 saturated heterocycles. The molecule has 0 saturated carbocycles. The molecule has 1 aliphatic heterocycles. The van der Waals surface area contributed by atoms with Gasteiger partial charge in [0.1, 0.15) is 6.04 Å². The lowest BCUT2D eigenvalue weighted by molar-refractivity contribution is -0.180. The van der Waals surface area contributed by atoms with Crippen LogP contribution in [0.3, 0.4) is 0 Å². The molecule has 2 rings (SSSR count). The lowest BCUT2D eigenvalue weighted by Crippen LogP contribution is -2.67. The fraction of sp³-hybridized carbons (Fsp3) is 0.400. The average Bonchev–Trinajstić information content (AvgIpc) is 2.36. The summed E-state index contributed by atoms with van der Waals surface area (Å²) in [4.78, 5) is 36.4. The Morgan fingerprint density at radius 3 is 2.50 bits per heavy atom. The first-order valence-electron chi connectivity index (χ1n) is 6.81. The number of nitrogens with zero attached hydrogens (tertiary/aromatic N) is 1. The summed E-state index contributed by atoms with van der Waals surface area (Å²) >= 11 is 0. The van der Waals surface area contributed by atoms with Gasteiger partial charge in [-0.3, -0.25) is 9.69 Å². The Morgan fingerprint density at radius 2 is 2.00 bits per heavy atom. The third-order valence-corrected chi connectivity index (χ3v) is 3.63. The van der Waals surface area contributed by atoms with Crippen molar-refractivity contribution in [2.24, 2.45) is 0 Å². The van der Waals surface area contributed by atoms with Gasteiger partial charge in [-0.15, -0.1) is 0 Å². The number of carboxylic acid groups (broad SMARTS) is 1. The molecule has 7 nitrogen and oxygen atoms in total. The number of anilines is 1. The van der Waals surface area contributed by atoms with Crippen LogP contribution < -0.4 is 5.32 Å². The number of aryl methyl sites for hydroxylation is 1. The number of carbonyl (C=O) groups is 3. The minimum absolute atomic E-state index is 0.0356. The van der Waals surface area contributed by atoms with Crippen molar-refractivity contribution >= 4 is 23.7 Å². The predicted octanol–water partition coefficient (Wildman–Crippen LogP) is 2.21. The second-order valence-corrected chi connectivity index (χ2v) is 5.65. The number of hydrogen-bond donors (Lipinski definition) is 2. The molecule has 1 unspecified atom stereocenters. The summed E-state index contributed by atoms with van der Waals surface area (Å²) in [5.41, 5.74) is -0.0676. The van der Waals surface area contributed by atoms with Gasteiger partial charge in [-0.2, -0.15) is 0 Å². The Hall–Kier alpha value is -2.57. The Balaban J connectivity index is 2.21. The van der Waals surface area contributed by atoms with Crippen molar-refractivity contribution in [1.82, 2.24) is 4.90 Å². The van der Waals surface area contributed by atoms with Crippen molar-refractivity contribution in [3.8, 4) is 0 Å². The Kier molecular flexibility index (Phi) is 3.83. The molecule has 2 amide bonds. The molecule has 1 aliphatic rings. The predicted molar refractivity (Wildman–Crippen MR) is 78.6 cm³/mol. The zero-order valence-electron chi connectivity index (χ0n) is 12.8. The quantitative estimate of drug-likeness (QED) is 0.889. The van der Waals surface area contributed by atoms with E-state index in [1.54, 1.807) is 39.8 Å². The van der Waals surface area contributed by atoms with E-state index in [1.165, 1.54) is 11.0 Å². The first kappa shape index (κ1) is 15.8. The Labute approximate surface area is 127 Å². The van der Waals surface area contributed by atoms with E-state index in [1.807, 2.05) is 0 Å². The van der Waals surface area contributed by atoms with E-state index < -0.39 is 29.7 Å². The van der Waals surface area contributed by atoms with Crippen LogP contribution in [-0.4, -0.2) is 39.7 Å². The largest absolute Gasteiger partial charge is 0.478 e. The molecule has 1 fully saturated rings. The molecule has 0 radical (unpaired) electrons. The standard InChI is InChI=1S/C15H18N2O5/c1-8-6-5-7-10(11(8)13(19)20)16-12(18)9(2)17-14(21)22-15(17,3)4/h5-7,9H,1-4H3,(H,16,18)(H,19,20). The van der Waals surface area contributed by atoms with Crippen LogP contribution in [0.5, 0.6) is 0 Å². The second-order valence-electron chi connectivity index (χ2n) is 5.65. The molecule has 1 heterocycles. The van der Waals surface area contributed by atoms with Crippen molar-refractivity contribution < 1.29 is 24.2 Å². The summed E-state index contributed by atoms with van der Waals surface area (Å²) in [6.07, 6.45) is -0.574. The summed E-state index contributed by atoms with van der Waals surface area (Å²) in [5.74, 6) is -1.59. The molecule has 2 N–H and O–H groups in total. The molecule has 7 heteroatoms. The molecular weight excluding hydrogens is 288 g/mol. The summed E-state index contributed by atoms with van der Waals surface area (Å²) in [6, 6.07) is 4.04. The van der Waals surface area contributed by atoms with E-state index in [0.29, 0.717) is 5.56 Å². The molecule has 0 aliphatic carbocycles. The van der Waals surface area contributed by atoms with Gasteiger partial charge in [0.2, 0.25) is 5.91 Å². The van der Waals surface area contributed by atoms with Gasteiger partial charge < -0.3 is 15.2 Å². The maximum Gasteiger partial charge on any atom is 0.415 e. The van der Waals surface area contributed by atoms with Crippen molar-refractivity contribution in [2.45, 2.75) is 39.5 Å². The van der Waals surface area contributed by atoms with E-state index in [0.717, 1.165) is 0 Å². The highest BCUT2D eigenvalue weighted by molar-refractivity contribution is 6.03. The van der Waals surface area contributed by atoms with E-state index in [9.17, 15) is 19.5 Å². The third kappa shape index (κ3) is 2.61. The van der Waals surface area contributed by atoms with Crippen molar-refractivity contribution in [3.63, 3.8) is 0 Å². The van der Waals surface area contributed by atoms with Crippen LogP contribution >= 0.6 is 0 Å². The van der Waals surface area contributed by atoms with Crippen LogP contribution in [0.1, 0.15) is 36.7 Å². The van der Waals surface area contributed by atoms with Gasteiger partial charge in [0.25, 0.3) is 0 Å². The summed E-state index contributed by atoms with van der Waals surface area (Å²) in [6.45, 7) is 6.56. The van der Waals surface area contributed by atoms with Crippen LogP contribution in [0.2, 0.25) is 0 Å². The number of nitrogens with one attached hydrogen (secondary N) is 1. The number of ether oxygens (including phenoxy) is 1. The highest BCUT2D eigenvalue weighted by atomic mass is 16.6. The molecule has 1 aromatic carbocycles. The summed E-state index contributed by atoms with van der Waals surface area (Å²) < 4.78 is 4.95. The molecule has 0 aromatic heterocycles. The van der Waals surface area contributed by atoms with Gasteiger partial charge in [-0.1, -0.05) is 12.1 Å². The number of aromatic carboxylic acids is 1. The minimum Gasteiger partial charge on any atom is -0.478 e. The Morgan fingerprint density at radius 1 is 1.36 bits per heavy atom. The van der Waals surface area contributed by atoms with E-state index in [-0.39, 0.29) is 11.3 Å². The highest BCUT2D eigenvalue weighted by Crippen LogP contribution is 2.31. The summed E-state index contributed by atoms with van der Waals surface area (Å²) in [5, 5.41) is 11.8. The molecular formula is C15H18N2O5. The third-order valence-electron chi connectivity index (χ3n) is 3.63. The van der Waals surface area contributed by atoms with Gasteiger partial charge in [-0.05, 0) is 39.3 Å². The molecule has 0 spiro atoms. The number of cyclic esters (lactones) is 1. The van der Waals surface area contributed by atoms with Gasteiger partial charge in [0.15, 0.2) is 5.72 Å². The number of hydrogen-bond acceptors (Lipinski definition) is 4. The molecule has 22 heavy (non-hydrogen) atoms. The first-order valence-corrected chi connectivity index (χ1v) is 6.81. The van der Waals surface area contributed by atoms with Crippen molar-refractivity contribution in [2.75, 3.05) is 5.32 Å². The van der Waals surface area contributed by atoms with Crippen molar-refractivity contribution in [3.05, 3.63) is 29.3 Å². The van der Waals surface area contributed by atoms with Gasteiger partial charge in [0, 0.05) is 0 Å². The van der Waals surface area contributed by atoms with E-state index in [4.69, 9.17) is 4.74 Å². The van der Waals surface area contributed by atoms with Crippen LogP contribution in [0.15, 0.2) is 18.2 Å². The topological polar surface area (TPSA) is 95.9 Å². The van der Waals surface area contributed by atoms with Gasteiger partial charge >= 0.3 is 12.1 Å². The fourth-order valence-corrected chi connectivity index (χ4v) is 2.53. The lowest BCUT2D eigenvalue weighted by Gasteiger charge is -2.48. The number of benzene rings is 1. The number of carbonyl (C=O) groups excluding carboxylic acids is 2. The zero-order chi connectivity index (χ0) is 16.7. The van der Waals surface area contributed by atoms with E-state index in [2.05, 4.69) is 5.32 Å². The van der Waals surface area contributed by atoms with Crippen molar-refractivity contribution in [1.29, 1.82) is 0 Å². The highest BCUT2D eigenvalue weighted by Gasteiger charge is 2.50. The average molecular weight is 306 g/mol. The van der Waals surface area contributed by atoms with E-state index >= 15 is 0 Å². The van der Waals surface area contributed by atoms with Crippen LogP contribution in [-0.2, 0) is 9.53 Å². The van der Waals surface area contributed by atoms with Gasteiger partial charge in [-0.25, -0.2) is 9.59 Å². The number of rotatable bonds is 4. The molecule has 1 aromatic rings. The van der Waals surface area contributed by atoms with Crippen LogP contribution in [0.4, 0.5) is 10.5 Å². The monoisotopic (exact) mass is 306 g/mol. The van der Waals surface area contributed by atoms with Gasteiger partial charge in [0.05, 0.1) is 11.3 Å². The second kappa shape index (κ2) is 5.32. The molecule has 1 atom stereocenters. The molecule has 0 bridgehead atoms. The van der Waals surface area contributed by atoms with Crippen LogP contribution in [0, 0.1) is 6.92 Å². The smallest absolute Gasteiger partial charge is 0.415 e. The zero-order valence-corrected chi connectivity index (χ0v) is 12.8. The minimum atomic E-state index is -1.12. The SMILES string of the molecule is Cc1cccc(NC(=O)C(C)N2C(=O)OC2(C)C)c1C(=O)O. The molecule has 118 valence electrons. The summed E-state index contributed by atoms with van der Waals surface area (Å²) in [7, 11) is 0. The Bertz CT molecular complexity index is 653. The maximum absolute atomic E-state index is 12.3. The first-order chi connectivity index (χ1) is 10.1. The normalized spacial score (nSPS) is 17.3.